The van der Waals surface area contributed by atoms with E-state index in [2.05, 4.69) is 20.6 Å². The van der Waals surface area contributed by atoms with Crippen LogP contribution in [0.25, 0.3) is 27.5 Å². The Bertz CT molecular complexity index is 1410. The first-order valence-electron chi connectivity index (χ1n) is 10.8. The van der Waals surface area contributed by atoms with E-state index in [1.165, 1.54) is 24.3 Å². The van der Waals surface area contributed by atoms with Gasteiger partial charge in [-0.05, 0) is 43.2 Å². The third kappa shape index (κ3) is 3.96. The van der Waals surface area contributed by atoms with Crippen LogP contribution in [0.4, 0.5) is 15.2 Å². The van der Waals surface area contributed by atoms with Crippen molar-refractivity contribution in [1.29, 1.82) is 0 Å². The number of fused-ring (bicyclic) bond motifs is 3. The highest BCUT2D eigenvalue weighted by Crippen LogP contribution is 2.44. The van der Waals surface area contributed by atoms with Gasteiger partial charge in [-0.25, -0.2) is 14.1 Å². The fraction of sp³-hybridized carbons (Fsp3) is 0.208. The van der Waals surface area contributed by atoms with E-state index >= 15 is 4.39 Å². The highest BCUT2D eigenvalue weighted by atomic mass is 32.1. The van der Waals surface area contributed by atoms with Crippen LogP contribution in [-0.2, 0) is 22.4 Å². The molecular weight excluding hydrogens is 455 g/mol. The van der Waals surface area contributed by atoms with Crippen LogP contribution in [0, 0.1) is 5.82 Å². The van der Waals surface area contributed by atoms with Gasteiger partial charge in [-0.15, -0.1) is 0 Å². The third-order valence-electron chi connectivity index (χ3n) is 5.51. The number of benzene rings is 1. The lowest BCUT2D eigenvalue weighted by atomic mass is 9.95. The minimum absolute atomic E-state index is 0.192. The molecule has 3 aromatic heterocycles. The van der Waals surface area contributed by atoms with Crippen molar-refractivity contribution in [2.24, 2.45) is 0 Å². The van der Waals surface area contributed by atoms with Crippen molar-refractivity contribution < 1.29 is 14.0 Å². The van der Waals surface area contributed by atoms with Crippen molar-refractivity contribution in [3.8, 4) is 27.5 Å². The number of pyridine rings is 1. The molecule has 5 rings (SSSR count). The third-order valence-corrected chi connectivity index (χ3v) is 6.53. The van der Waals surface area contributed by atoms with E-state index < -0.39 is 5.82 Å². The van der Waals surface area contributed by atoms with Crippen LogP contribution in [-0.4, -0.2) is 31.6 Å². The second-order valence-electron chi connectivity index (χ2n) is 7.87. The maximum Gasteiger partial charge on any atom is 0.224 e. The fourth-order valence-corrected chi connectivity index (χ4v) is 5.10. The quantitative estimate of drug-likeness (QED) is 0.438. The van der Waals surface area contributed by atoms with Crippen LogP contribution < -0.4 is 10.6 Å². The molecule has 34 heavy (non-hydrogen) atoms. The molecule has 10 heteroatoms. The Morgan fingerprint density at radius 3 is 2.76 bits per heavy atom. The topological polar surface area (TPSA) is 102 Å². The molecule has 1 aliphatic rings. The molecule has 172 valence electrons. The Labute approximate surface area is 198 Å². The zero-order valence-corrected chi connectivity index (χ0v) is 19.4. The normalized spacial score (nSPS) is 12.1. The lowest BCUT2D eigenvalue weighted by Gasteiger charge is -2.15. The van der Waals surface area contributed by atoms with Crippen LogP contribution in [0.15, 0.2) is 42.7 Å². The second-order valence-corrected chi connectivity index (χ2v) is 8.87. The molecule has 0 aliphatic heterocycles. The number of hydrogen-bond donors (Lipinski definition) is 2. The molecule has 0 saturated carbocycles. The number of aryl methyl sites for hydroxylation is 1. The zero-order chi connectivity index (χ0) is 23.8. The lowest BCUT2D eigenvalue weighted by Crippen LogP contribution is -2.11. The average molecular weight is 477 g/mol. The van der Waals surface area contributed by atoms with E-state index in [1.807, 2.05) is 12.1 Å². The standard InChI is InChI=1S/C24H21FN6O2S/c1-3-20(33)28-15-6-9-19(17(25)11-15)31-22-16(21(30-31)14-5-4-10-26-12-14)7-8-18-23(22)34-24(29-18)27-13(2)32/h4-6,9-12H,3,7-8H2,1-2H3,(H,28,33)(H,27,29,32). The molecule has 4 aromatic rings. The van der Waals surface area contributed by atoms with Gasteiger partial charge in [-0.2, -0.15) is 5.10 Å². The largest absolute Gasteiger partial charge is 0.326 e. The van der Waals surface area contributed by atoms with Gasteiger partial charge in [0.2, 0.25) is 11.8 Å². The number of nitrogens with zero attached hydrogens (tertiary/aromatic N) is 4. The van der Waals surface area contributed by atoms with Crippen molar-refractivity contribution in [3.05, 3.63) is 59.8 Å². The van der Waals surface area contributed by atoms with E-state index in [0.717, 1.165) is 33.1 Å². The zero-order valence-electron chi connectivity index (χ0n) is 18.6. The number of nitrogens with one attached hydrogen (secondary N) is 2. The number of thiazole rings is 1. The summed E-state index contributed by atoms with van der Waals surface area (Å²) >= 11 is 1.35. The number of amides is 2. The van der Waals surface area contributed by atoms with Gasteiger partial charge in [0, 0.05) is 42.6 Å². The van der Waals surface area contributed by atoms with Crippen LogP contribution in [0.5, 0.6) is 0 Å². The smallest absolute Gasteiger partial charge is 0.224 e. The first-order valence-corrected chi connectivity index (χ1v) is 11.7. The Hall–Kier alpha value is -3.92. The molecule has 0 spiro atoms. The number of hydrogen-bond acceptors (Lipinski definition) is 6. The number of anilines is 2. The van der Waals surface area contributed by atoms with E-state index in [0.29, 0.717) is 30.1 Å². The summed E-state index contributed by atoms with van der Waals surface area (Å²) in [6, 6.07) is 8.31. The van der Waals surface area contributed by atoms with E-state index in [4.69, 9.17) is 5.10 Å². The minimum atomic E-state index is -0.518. The summed E-state index contributed by atoms with van der Waals surface area (Å²) in [5.41, 5.74) is 4.76. The molecule has 0 radical (unpaired) electrons. The first-order chi connectivity index (χ1) is 16.4. The number of rotatable bonds is 5. The van der Waals surface area contributed by atoms with Gasteiger partial charge < -0.3 is 10.6 Å². The summed E-state index contributed by atoms with van der Waals surface area (Å²) in [4.78, 5) is 32.9. The molecule has 0 atom stereocenters. The van der Waals surface area contributed by atoms with Gasteiger partial charge in [0.05, 0.1) is 22.0 Å². The number of halogens is 1. The van der Waals surface area contributed by atoms with Gasteiger partial charge in [0.15, 0.2) is 10.9 Å². The Balaban J connectivity index is 1.68. The molecule has 1 aromatic carbocycles. The lowest BCUT2D eigenvalue weighted by molar-refractivity contribution is -0.116. The first kappa shape index (κ1) is 21.9. The van der Waals surface area contributed by atoms with Crippen molar-refractivity contribution in [3.63, 3.8) is 0 Å². The Morgan fingerprint density at radius 2 is 2.06 bits per heavy atom. The SMILES string of the molecule is CCC(=O)Nc1ccc(-n2nc(-c3cccnc3)c3c2-c2sc(NC(C)=O)nc2CC3)c(F)c1. The summed E-state index contributed by atoms with van der Waals surface area (Å²) in [6.45, 7) is 3.17. The monoisotopic (exact) mass is 476 g/mol. The molecule has 0 fully saturated rings. The maximum atomic E-state index is 15.3. The summed E-state index contributed by atoms with van der Waals surface area (Å²) in [5.74, 6) is -0.912. The molecular formula is C24H21FN6O2S. The van der Waals surface area contributed by atoms with Crippen LogP contribution >= 0.6 is 11.3 Å². The van der Waals surface area contributed by atoms with Gasteiger partial charge in [0.1, 0.15) is 5.69 Å². The molecule has 8 nitrogen and oxygen atoms in total. The predicted octanol–water partition coefficient (Wildman–Crippen LogP) is 4.60. The Kier molecular flexibility index (Phi) is 5.66. The summed E-state index contributed by atoms with van der Waals surface area (Å²) in [5, 5.41) is 10.7. The molecule has 1 aliphatic carbocycles. The summed E-state index contributed by atoms with van der Waals surface area (Å²) in [6.07, 6.45) is 5.08. The number of carbonyl (C=O) groups excluding carboxylic acids is 2. The van der Waals surface area contributed by atoms with Gasteiger partial charge in [-0.3, -0.25) is 14.6 Å². The predicted molar refractivity (Wildman–Crippen MR) is 128 cm³/mol. The molecule has 2 amide bonds. The van der Waals surface area contributed by atoms with Crippen LogP contribution in [0.3, 0.4) is 0 Å². The van der Waals surface area contributed by atoms with E-state index in [-0.39, 0.29) is 17.5 Å². The minimum Gasteiger partial charge on any atom is -0.326 e. The molecule has 0 bridgehead atoms. The fourth-order valence-electron chi connectivity index (χ4n) is 3.99. The van der Waals surface area contributed by atoms with Crippen molar-refractivity contribution in [2.75, 3.05) is 10.6 Å². The average Bonchev–Trinajstić information content (AvgIpc) is 3.40. The van der Waals surface area contributed by atoms with Crippen molar-refractivity contribution in [1.82, 2.24) is 19.7 Å². The van der Waals surface area contributed by atoms with Gasteiger partial charge >= 0.3 is 0 Å². The molecule has 3 heterocycles. The maximum absolute atomic E-state index is 15.3. The highest BCUT2D eigenvalue weighted by Gasteiger charge is 2.30. The van der Waals surface area contributed by atoms with Crippen molar-refractivity contribution in [2.45, 2.75) is 33.1 Å². The second kappa shape index (κ2) is 8.79. The molecule has 0 unspecified atom stereocenters. The van der Waals surface area contributed by atoms with Gasteiger partial charge in [0.25, 0.3) is 0 Å². The Morgan fingerprint density at radius 1 is 1.21 bits per heavy atom. The van der Waals surface area contributed by atoms with E-state index in [1.54, 1.807) is 36.1 Å². The molecule has 0 saturated heterocycles. The number of carbonyl (C=O) groups is 2. The van der Waals surface area contributed by atoms with Crippen molar-refractivity contribution >= 4 is 34.0 Å². The number of aromatic nitrogens is 4. The summed E-state index contributed by atoms with van der Waals surface area (Å²) in [7, 11) is 0. The van der Waals surface area contributed by atoms with Crippen LogP contribution in [0.2, 0.25) is 0 Å². The highest BCUT2D eigenvalue weighted by molar-refractivity contribution is 7.19. The van der Waals surface area contributed by atoms with Crippen LogP contribution in [0.1, 0.15) is 31.5 Å². The van der Waals surface area contributed by atoms with E-state index in [9.17, 15) is 9.59 Å². The summed E-state index contributed by atoms with van der Waals surface area (Å²) < 4.78 is 16.9. The van der Waals surface area contributed by atoms with Gasteiger partial charge in [-0.1, -0.05) is 18.3 Å². The molecule has 2 N–H and O–H groups in total.